The van der Waals surface area contributed by atoms with E-state index in [2.05, 4.69) is 30.7 Å². The normalized spacial score (nSPS) is 14.6. The first-order valence-corrected chi connectivity index (χ1v) is 10.9. The largest absolute Gasteiger partial charge is 0.443 e. The van der Waals surface area contributed by atoms with Gasteiger partial charge in [-0.05, 0) is 37.2 Å². The summed E-state index contributed by atoms with van der Waals surface area (Å²) in [5.74, 6) is 0. The summed E-state index contributed by atoms with van der Waals surface area (Å²) in [6.45, 7) is 7.74. The van der Waals surface area contributed by atoms with Gasteiger partial charge in [0, 0.05) is 25.7 Å². The molecular formula is C19H25N7O5S. The van der Waals surface area contributed by atoms with Crippen molar-refractivity contribution < 1.29 is 24.0 Å². The molecule has 1 aromatic carbocycles. The zero-order valence-corrected chi connectivity index (χ0v) is 19.1. The van der Waals surface area contributed by atoms with Crippen LogP contribution in [0.25, 0.3) is 11.0 Å². The second-order valence-electron chi connectivity index (χ2n) is 8.20. The van der Waals surface area contributed by atoms with E-state index in [9.17, 15) is 9.90 Å². The third kappa shape index (κ3) is 4.59. The fourth-order valence-corrected chi connectivity index (χ4v) is 3.97. The van der Waals surface area contributed by atoms with Crippen molar-refractivity contribution in [3.05, 3.63) is 11.6 Å². The van der Waals surface area contributed by atoms with Gasteiger partial charge in [-0.15, -0.1) is 10.2 Å². The number of morpholine rings is 1. The Morgan fingerprint density at radius 2 is 2.00 bits per heavy atom. The van der Waals surface area contributed by atoms with E-state index in [1.807, 2.05) is 0 Å². The minimum atomic E-state index is -0.619. The van der Waals surface area contributed by atoms with Crippen LogP contribution in [0.3, 0.4) is 0 Å². The maximum atomic E-state index is 12.3. The fraction of sp³-hybridized carbons (Fsp3) is 0.526. The third-order valence-corrected chi connectivity index (χ3v) is 5.61. The van der Waals surface area contributed by atoms with Crippen molar-refractivity contribution in [3.8, 4) is 0 Å². The number of anilines is 4. The lowest BCUT2D eigenvalue weighted by molar-refractivity contribution is 0.0589. The summed E-state index contributed by atoms with van der Waals surface area (Å²) in [4.78, 5) is 15.7. The number of ether oxygens (including phenoxy) is 2. The second-order valence-corrected chi connectivity index (χ2v) is 9.16. The number of carbonyl (C=O) groups excluding carboxylic acids is 1. The van der Waals surface area contributed by atoms with Crippen molar-refractivity contribution in [3.63, 3.8) is 0 Å². The number of fused-ring (bicyclic) bond motifs is 1. The third-order valence-electron chi connectivity index (χ3n) is 4.70. The summed E-state index contributed by atoms with van der Waals surface area (Å²) in [7, 11) is 1.57. The summed E-state index contributed by atoms with van der Waals surface area (Å²) in [5.41, 5.74) is 2.43. The van der Waals surface area contributed by atoms with Crippen molar-refractivity contribution >= 4 is 50.1 Å². The monoisotopic (exact) mass is 463 g/mol. The second kappa shape index (κ2) is 8.84. The molecule has 0 spiro atoms. The predicted octanol–water partition coefficient (Wildman–Crippen LogP) is 2.52. The highest BCUT2D eigenvalue weighted by Crippen LogP contribution is 2.37. The quantitative estimate of drug-likeness (QED) is 0.577. The molecule has 13 heteroatoms. The molecule has 1 fully saturated rings. The zero-order chi connectivity index (χ0) is 22.9. The average molecular weight is 464 g/mol. The van der Waals surface area contributed by atoms with Crippen LogP contribution in [0.5, 0.6) is 0 Å². The van der Waals surface area contributed by atoms with E-state index in [4.69, 9.17) is 14.1 Å². The molecule has 4 rings (SSSR count). The summed E-state index contributed by atoms with van der Waals surface area (Å²) < 4.78 is 15.8. The van der Waals surface area contributed by atoms with Crippen LogP contribution in [-0.4, -0.2) is 70.7 Å². The molecule has 0 unspecified atom stereocenters. The molecule has 1 aliphatic rings. The number of aliphatic hydroxyl groups excluding tert-OH is 1. The maximum Gasteiger partial charge on any atom is 0.416 e. The molecule has 1 saturated heterocycles. The molecule has 32 heavy (non-hydrogen) atoms. The standard InChI is InChI=1S/C19H25N7O5S/c1-19(2,3)30-18(28)25(4)17-22-21-16(32-17)20-12-9-11(10-27)15(14-13(12)23-31-24-14)26-5-7-29-8-6-26/h9,27H,5-8,10H2,1-4H3,(H,20,21). The van der Waals surface area contributed by atoms with Gasteiger partial charge in [0.2, 0.25) is 10.3 Å². The number of aromatic nitrogens is 4. The van der Waals surface area contributed by atoms with Gasteiger partial charge in [0.1, 0.15) is 5.60 Å². The Labute approximate surface area is 188 Å². The van der Waals surface area contributed by atoms with Crippen LogP contribution in [0.1, 0.15) is 26.3 Å². The lowest BCUT2D eigenvalue weighted by Gasteiger charge is -2.30. The number of aliphatic hydroxyl groups is 1. The molecule has 2 N–H and O–H groups in total. The van der Waals surface area contributed by atoms with Gasteiger partial charge >= 0.3 is 6.09 Å². The first-order chi connectivity index (χ1) is 15.3. The van der Waals surface area contributed by atoms with Crippen molar-refractivity contribution in [2.45, 2.75) is 33.0 Å². The Kier molecular flexibility index (Phi) is 6.13. The minimum Gasteiger partial charge on any atom is -0.443 e. The molecule has 3 aromatic rings. The van der Waals surface area contributed by atoms with E-state index in [-0.39, 0.29) is 6.61 Å². The molecule has 12 nitrogen and oxygen atoms in total. The Hall–Kier alpha value is -3.03. The number of nitrogens with zero attached hydrogens (tertiary/aromatic N) is 6. The first kappa shape index (κ1) is 22.2. The Morgan fingerprint density at radius 1 is 1.28 bits per heavy atom. The summed E-state index contributed by atoms with van der Waals surface area (Å²) in [6.07, 6.45) is -0.527. The van der Waals surface area contributed by atoms with Crippen LogP contribution in [0.15, 0.2) is 10.7 Å². The van der Waals surface area contributed by atoms with Crippen LogP contribution in [0, 0.1) is 0 Å². The van der Waals surface area contributed by atoms with Gasteiger partial charge in [0.25, 0.3) is 0 Å². The van der Waals surface area contributed by atoms with Crippen molar-refractivity contribution in [1.29, 1.82) is 0 Å². The Morgan fingerprint density at radius 3 is 2.69 bits per heavy atom. The number of amides is 1. The maximum absolute atomic E-state index is 12.3. The number of carbonyl (C=O) groups is 1. The number of nitrogens with one attached hydrogen (secondary N) is 1. The molecular weight excluding hydrogens is 438 g/mol. The van der Waals surface area contributed by atoms with Gasteiger partial charge < -0.3 is 24.8 Å². The first-order valence-electron chi connectivity index (χ1n) is 10.1. The van der Waals surface area contributed by atoms with Crippen molar-refractivity contribution in [2.24, 2.45) is 0 Å². The molecule has 1 aliphatic heterocycles. The van der Waals surface area contributed by atoms with Crippen LogP contribution < -0.4 is 15.1 Å². The highest BCUT2D eigenvalue weighted by Gasteiger charge is 2.25. The SMILES string of the molecule is CN(C(=O)OC(C)(C)C)c1nnc(Nc2cc(CO)c(N3CCOCC3)c3nonc23)s1. The van der Waals surface area contributed by atoms with Crippen molar-refractivity contribution in [2.75, 3.05) is 48.5 Å². The van der Waals surface area contributed by atoms with E-state index in [0.29, 0.717) is 58.9 Å². The van der Waals surface area contributed by atoms with Crippen molar-refractivity contribution in [1.82, 2.24) is 20.5 Å². The van der Waals surface area contributed by atoms with Crippen LogP contribution in [-0.2, 0) is 16.1 Å². The number of rotatable bonds is 5. The lowest BCUT2D eigenvalue weighted by atomic mass is 10.1. The van der Waals surface area contributed by atoms with Gasteiger partial charge in [-0.1, -0.05) is 11.3 Å². The number of hydrogen-bond acceptors (Lipinski definition) is 12. The van der Waals surface area contributed by atoms with E-state index in [0.717, 1.165) is 5.69 Å². The Balaban J connectivity index is 1.60. The number of hydrogen-bond donors (Lipinski definition) is 2. The molecule has 172 valence electrons. The molecule has 0 saturated carbocycles. The van der Waals surface area contributed by atoms with Gasteiger partial charge in [-0.2, -0.15) is 0 Å². The van der Waals surface area contributed by atoms with E-state index < -0.39 is 11.7 Å². The molecule has 0 aliphatic carbocycles. The molecule has 0 bridgehead atoms. The minimum absolute atomic E-state index is 0.188. The molecule has 3 heterocycles. The number of benzene rings is 1. The van der Waals surface area contributed by atoms with Crippen LogP contribution in [0.4, 0.5) is 26.4 Å². The Bertz CT molecular complexity index is 1100. The highest BCUT2D eigenvalue weighted by atomic mass is 32.1. The van der Waals surface area contributed by atoms with E-state index >= 15 is 0 Å². The summed E-state index contributed by atoms with van der Waals surface area (Å²) >= 11 is 1.17. The molecule has 0 atom stereocenters. The molecule has 0 radical (unpaired) electrons. The lowest BCUT2D eigenvalue weighted by Crippen LogP contribution is -2.37. The molecule has 1 amide bonds. The topological polar surface area (TPSA) is 139 Å². The predicted molar refractivity (Wildman–Crippen MR) is 119 cm³/mol. The van der Waals surface area contributed by atoms with Crippen LogP contribution in [0.2, 0.25) is 0 Å². The van der Waals surface area contributed by atoms with Gasteiger partial charge in [-0.25, -0.2) is 9.42 Å². The van der Waals surface area contributed by atoms with Gasteiger partial charge in [0.05, 0.1) is 31.2 Å². The highest BCUT2D eigenvalue weighted by molar-refractivity contribution is 7.19. The van der Waals surface area contributed by atoms with Gasteiger partial charge in [-0.3, -0.25) is 4.90 Å². The summed E-state index contributed by atoms with van der Waals surface area (Å²) in [6, 6.07) is 1.79. The van der Waals surface area contributed by atoms with E-state index in [1.54, 1.807) is 33.9 Å². The van der Waals surface area contributed by atoms with E-state index in [1.165, 1.54) is 16.2 Å². The van der Waals surface area contributed by atoms with Gasteiger partial charge in [0.15, 0.2) is 11.0 Å². The fourth-order valence-electron chi connectivity index (χ4n) is 3.26. The zero-order valence-electron chi connectivity index (χ0n) is 18.3. The van der Waals surface area contributed by atoms with Crippen LogP contribution >= 0.6 is 11.3 Å². The smallest absolute Gasteiger partial charge is 0.416 e. The molecule has 2 aromatic heterocycles. The average Bonchev–Trinajstić information content (AvgIpc) is 3.42. The summed E-state index contributed by atoms with van der Waals surface area (Å²) in [5, 5.41) is 30.3.